The molecule has 3 saturated carbocycles. The Labute approximate surface area is 193 Å². The van der Waals surface area contributed by atoms with Crippen LogP contribution in [0.2, 0.25) is 0 Å². The molecule has 0 spiro atoms. The van der Waals surface area contributed by atoms with E-state index in [-0.39, 0.29) is 66.5 Å². The van der Waals surface area contributed by atoms with E-state index >= 15 is 0 Å². The number of amides is 1. The van der Waals surface area contributed by atoms with E-state index in [2.05, 4.69) is 10.1 Å². The molecule has 182 valence electrons. The molecule has 3 aliphatic rings. The number of esters is 1. The molecule has 0 heterocycles. The molecular weight excluding hydrogens is 430 g/mol. The summed E-state index contributed by atoms with van der Waals surface area (Å²) < 4.78 is 4.61. The first kappa shape index (κ1) is 26.6. The number of hydrogen-bond acceptors (Lipinski definition) is 8. The Morgan fingerprint density at radius 3 is 2.33 bits per heavy atom. The highest BCUT2D eigenvalue weighted by Crippen LogP contribution is 2.60. The van der Waals surface area contributed by atoms with Crippen LogP contribution in [0.5, 0.6) is 0 Å². The average Bonchev–Trinajstić information content (AvgIpc) is 3.03. The smallest absolute Gasteiger partial charge is 0.373 e. The fraction of sp³-hybridized carbons (Fsp3) is 0.750. The summed E-state index contributed by atoms with van der Waals surface area (Å²) in [7, 11) is 1.30. The minimum atomic E-state index is -0.879. The van der Waals surface area contributed by atoms with Crippen molar-refractivity contribution in [1.29, 1.82) is 0 Å². The number of hydrogen-bond donors (Lipinski definition) is 1. The normalized spacial score (nSPS) is 33.6. The van der Waals surface area contributed by atoms with Crippen molar-refractivity contribution in [3.05, 3.63) is 0 Å². The highest BCUT2D eigenvalue weighted by Gasteiger charge is 2.62. The first-order chi connectivity index (χ1) is 15.4. The van der Waals surface area contributed by atoms with Crippen molar-refractivity contribution >= 4 is 35.4 Å². The molecule has 3 aliphatic carbocycles. The van der Waals surface area contributed by atoms with E-state index in [0.29, 0.717) is 25.7 Å². The molecule has 33 heavy (non-hydrogen) atoms. The van der Waals surface area contributed by atoms with Crippen LogP contribution in [0.25, 0.3) is 0 Å². The number of fused-ring (bicyclic) bond motifs is 3. The van der Waals surface area contributed by atoms with Crippen molar-refractivity contribution in [2.75, 3.05) is 7.11 Å². The predicted molar refractivity (Wildman–Crippen MR) is 113 cm³/mol. The number of ether oxygens (including phenoxy) is 1. The molecule has 3 rings (SSSR count). The van der Waals surface area contributed by atoms with Crippen LogP contribution >= 0.6 is 0 Å². The fourth-order valence-corrected chi connectivity index (χ4v) is 6.31. The van der Waals surface area contributed by atoms with Gasteiger partial charge in [-0.2, -0.15) is 9.59 Å². The van der Waals surface area contributed by atoms with Crippen molar-refractivity contribution < 1.29 is 38.3 Å². The molecule has 0 unspecified atom stereocenters. The second-order valence-corrected chi connectivity index (χ2v) is 9.98. The van der Waals surface area contributed by atoms with E-state index in [4.69, 9.17) is 9.59 Å². The lowest BCUT2D eigenvalue weighted by atomic mass is 9.48. The van der Waals surface area contributed by atoms with Gasteiger partial charge < -0.3 is 10.1 Å². The van der Waals surface area contributed by atoms with Gasteiger partial charge in [-0.05, 0) is 38.0 Å². The average molecular weight is 464 g/mol. The molecule has 0 radical (unpaired) electrons. The summed E-state index contributed by atoms with van der Waals surface area (Å²) in [6, 6.07) is -0.367. The Hall–Kier alpha value is -2.67. The van der Waals surface area contributed by atoms with Crippen LogP contribution in [0.3, 0.4) is 0 Å². The van der Waals surface area contributed by atoms with Gasteiger partial charge in [-0.15, -0.1) is 0 Å². The van der Waals surface area contributed by atoms with Crippen molar-refractivity contribution in [2.45, 2.75) is 78.2 Å². The molecule has 3 fully saturated rings. The maximum Gasteiger partial charge on any atom is 0.373 e. The minimum absolute atomic E-state index is 0.00372. The summed E-state index contributed by atoms with van der Waals surface area (Å²) >= 11 is 0. The maximum atomic E-state index is 13.2. The Bertz CT molecular complexity index is 861. The number of methoxy groups -OCH3 is 1. The Kier molecular flexibility index (Phi) is 8.46. The van der Waals surface area contributed by atoms with E-state index in [0.717, 1.165) is 6.42 Å². The van der Waals surface area contributed by atoms with E-state index in [1.54, 1.807) is 6.92 Å². The fourth-order valence-electron chi connectivity index (χ4n) is 6.31. The zero-order chi connectivity index (χ0) is 25.0. The second-order valence-electron chi connectivity index (χ2n) is 9.98. The van der Waals surface area contributed by atoms with Gasteiger partial charge >= 0.3 is 12.1 Å². The van der Waals surface area contributed by atoms with Crippen LogP contribution in [0.15, 0.2) is 0 Å². The van der Waals surface area contributed by atoms with E-state index in [9.17, 15) is 24.0 Å². The summed E-state index contributed by atoms with van der Waals surface area (Å²) in [5, 5.41) is 2.77. The first-order valence-electron chi connectivity index (χ1n) is 11.4. The molecule has 0 aliphatic heterocycles. The van der Waals surface area contributed by atoms with Gasteiger partial charge in [-0.3, -0.25) is 24.0 Å². The topological polar surface area (TPSA) is 141 Å². The summed E-state index contributed by atoms with van der Waals surface area (Å²) in [5.74, 6) is -0.654. The van der Waals surface area contributed by atoms with Crippen LogP contribution in [0, 0.1) is 28.6 Å². The zero-order valence-electron chi connectivity index (χ0n) is 19.7. The van der Waals surface area contributed by atoms with Crippen LogP contribution in [0.4, 0.5) is 0 Å². The van der Waals surface area contributed by atoms with Crippen molar-refractivity contribution in [2.24, 2.45) is 28.6 Å². The molecule has 0 aromatic rings. The van der Waals surface area contributed by atoms with Crippen LogP contribution in [0.1, 0.15) is 72.1 Å². The molecular formula is C24H33NO8. The molecule has 0 bridgehead atoms. The predicted octanol–water partition coefficient (Wildman–Crippen LogP) is 1.81. The highest BCUT2D eigenvalue weighted by molar-refractivity contribution is 5.99. The Balaban J connectivity index is 0.00000122. The van der Waals surface area contributed by atoms with Gasteiger partial charge in [0, 0.05) is 48.5 Å². The van der Waals surface area contributed by atoms with Crippen LogP contribution in [-0.2, 0) is 38.3 Å². The lowest BCUT2D eigenvalue weighted by Crippen LogP contribution is -2.56. The lowest BCUT2D eigenvalue weighted by molar-refractivity contribution is -0.191. The Morgan fingerprint density at radius 2 is 1.73 bits per heavy atom. The van der Waals surface area contributed by atoms with Crippen LogP contribution in [-0.4, -0.2) is 48.5 Å². The number of Topliss-reactive ketones (excluding diaryl/α,β-unsaturated/α-hetero) is 3. The molecule has 9 nitrogen and oxygen atoms in total. The third-order valence-electron chi connectivity index (χ3n) is 7.98. The van der Waals surface area contributed by atoms with Crippen molar-refractivity contribution in [1.82, 2.24) is 5.32 Å². The summed E-state index contributed by atoms with van der Waals surface area (Å²) in [4.78, 5) is 78.7. The van der Waals surface area contributed by atoms with Gasteiger partial charge in [0.1, 0.15) is 17.3 Å². The first-order valence-corrected chi connectivity index (χ1v) is 11.4. The van der Waals surface area contributed by atoms with E-state index < -0.39 is 22.7 Å². The van der Waals surface area contributed by atoms with Gasteiger partial charge in [0.05, 0.1) is 13.5 Å². The van der Waals surface area contributed by atoms with E-state index in [1.165, 1.54) is 7.11 Å². The second kappa shape index (κ2) is 10.5. The largest absolute Gasteiger partial charge is 0.469 e. The number of rotatable bonds is 6. The molecule has 0 aromatic heterocycles. The third-order valence-corrected chi connectivity index (χ3v) is 7.98. The number of ketones is 3. The third kappa shape index (κ3) is 5.29. The highest BCUT2D eigenvalue weighted by atomic mass is 16.5. The molecule has 1 amide bonds. The molecule has 6 atom stereocenters. The molecule has 1 N–H and O–H groups in total. The zero-order valence-corrected chi connectivity index (χ0v) is 19.7. The summed E-state index contributed by atoms with van der Waals surface area (Å²) in [5.41, 5.74) is -1.46. The van der Waals surface area contributed by atoms with Gasteiger partial charge in [-0.25, -0.2) is 0 Å². The van der Waals surface area contributed by atoms with Gasteiger partial charge in [0.15, 0.2) is 0 Å². The standard InChI is InChI=1S/C23H33NO6.CO2/c1-13(11-20(29)30-4)24-19(28)9-10-22(2)17(26)7-5-14-15-6-8-18(27)23(15,3)12-16(25)21(14)22;2-1-3/h13-15,21H,5-12H2,1-4H3,(H,24,28);/t13-,14+,15+,21-,22+,23+;/m1./s1. The quantitative estimate of drug-likeness (QED) is 0.588. The van der Waals surface area contributed by atoms with Gasteiger partial charge in [-0.1, -0.05) is 13.8 Å². The van der Waals surface area contributed by atoms with Gasteiger partial charge in [0.2, 0.25) is 5.91 Å². The van der Waals surface area contributed by atoms with Crippen LogP contribution < -0.4 is 5.32 Å². The number of carbonyl (C=O) groups excluding carboxylic acids is 7. The number of nitrogens with one attached hydrogen (secondary N) is 1. The minimum Gasteiger partial charge on any atom is -0.469 e. The molecule has 0 aromatic carbocycles. The summed E-state index contributed by atoms with van der Waals surface area (Å²) in [6.45, 7) is 5.47. The monoisotopic (exact) mass is 463 g/mol. The molecule has 9 heteroatoms. The van der Waals surface area contributed by atoms with E-state index in [1.807, 2.05) is 13.8 Å². The lowest BCUT2D eigenvalue weighted by Gasteiger charge is -2.52. The SMILES string of the molecule is COC(=O)C[C@@H](C)NC(=O)CC[C@@]1(C)C(=O)CC[C@@H]2[C@@H]1C(=O)C[C@]1(C)C(=O)CC[C@@H]21.O=C=O. The van der Waals surface area contributed by atoms with Gasteiger partial charge in [0.25, 0.3) is 0 Å². The Morgan fingerprint density at radius 1 is 1.12 bits per heavy atom. The molecule has 0 saturated heterocycles. The van der Waals surface area contributed by atoms with Crippen molar-refractivity contribution in [3.8, 4) is 0 Å². The maximum absolute atomic E-state index is 13.2. The number of carbonyl (C=O) groups is 5. The summed E-state index contributed by atoms with van der Waals surface area (Å²) in [6.07, 6.45) is 3.31. The van der Waals surface area contributed by atoms with Crippen molar-refractivity contribution in [3.63, 3.8) is 0 Å².